The van der Waals surface area contributed by atoms with Crippen LogP contribution >= 0.6 is 0 Å². The van der Waals surface area contributed by atoms with E-state index in [9.17, 15) is 9.59 Å². The van der Waals surface area contributed by atoms with Crippen LogP contribution in [0.5, 0.6) is 0 Å². The number of carbonyl (C=O) groups excluding carboxylic acids is 2. The number of piperazine rings is 1. The number of ether oxygens (including phenoxy) is 2. The summed E-state index contributed by atoms with van der Waals surface area (Å²) in [4.78, 5) is 27.8. The van der Waals surface area contributed by atoms with Gasteiger partial charge in [-0.05, 0) is 7.05 Å². The van der Waals surface area contributed by atoms with Crippen LogP contribution in [-0.2, 0) is 19.1 Å². The monoisotopic (exact) mass is 302 g/mol. The second kappa shape index (κ2) is 9.67. The molecule has 21 heavy (non-hydrogen) atoms. The molecule has 1 aliphatic heterocycles. The second-order valence-electron chi connectivity index (χ2n) is 5.01. The van der Waals surface area contributed by atoms with Crippen molar-refractivity contribution in [3.8, 4) is 0 Å². The molecule has 1 N–H and O–H groups in total. The number of methoxy groups -OCH3 is 2. The molecule has 0 bridgehead atoms. The molecule has 8 heteroatoms. The van der Waals surface area contributed by atoms with Crippen molar-refractivity contribution in [1.29, 1.82) is 0 Å². The maximum atomic E-state index is 12.2. The number of likely N-dealkylation sites (N-methyl/N-ethyl adjacent to an activating group) is 1. The van der Waals surface area contributed by atoms with Crippen molar-refractivity contribution in [3.05, 3.63) is 0 Å². The Hall–Kier alpha value is -1.22. The van der Waals surface area contributed by atoms with E-state index < -0.39 is 11.8 Å². The molecule has 0 unspecified atom stereocenters. The van der Waals surface area contributed by atoms with Crippen molar-refractivity contribution in [1.82, 2.24) is 20.2 Å². The second-order valence-corrected chi connectivity index (χ2v) is 5.01. The fourth-order valence-electron chi connectivity index (χ4n) is 1.97. The van der Waals surface area contributed by atoms with Crippen molar-refractivity contribution in [2.24, 2.45) is 0 Å². The first kappa shape index (κ1) is 17.8. The van der Waals surface area contributed by atoms with Crippen LogP contribution in [0.4, 0.5) is 0 Å². The molecule has 0 atom stereocenters. The van der Waals surface area contributed by atoms with E-state index in [4.69, 9.17) is 9.47 Å². The number of rotatable bonds is 7. The van der Waals surface area contributed by atoms with Gasteiger partial charge in [0.1, 0.15) is 0 Å². The molecule has 0 radical (unpaired) electrons. The molecule has 1 heterocycles. The maximum absolute atomic E-state index is 12.2. The van der Waals surface area contributed by atoms with Gasteiger partial charge in [-0.25, -0.2) is 5.01 Å². The Bertz CT molecular complexity index is 324. The van der Waals surface area contributed by atoms with Gasteiger partial charge in [-0.15, -0.1) is 0 Å². The standard InChI is InChI=1S/C13H26N4O4/c1-15-4-6-17(7-5-15)14-12(18)13(19)16(8-10-20-2)9-11-21-3/h4-11H2,1-3H3,(H,14,18). The number of hydrazine groups is 1. The predicted octanol–water partition coefficient (Wildman–Crippen LogP) is -1.61. The third kappa shape index (κ3) is 6.38. The van der Waals surface area contributed by atoms with Gasteiger partial charge in [0.25, 0.3) is 0 Å². The fraction of sp³-hybridized carbons (Fsp3) is 0.846. The van der Waals surface area contributed by atoms with Crippen molar-refractivity contribution < 1.29 is 19.1 Å². The Kier molecular flexibility index (Phi) is 8.21. The van der Waals surface area contributed by atoms with E-state index in [-0.39, 0.29) is 0 Å². The summed E-state index contributed by atoms with van der Waals surface area (Å²) in [5, 5.41) is 1.78. The van der Waals surface area contributed by atoms with E-state index in [2.05, 4.69) is 10.3 Å². The molecule has 1 rings (SSSR count). The molecule has 0 aromatic heterocycles. The van der Waals surface area contributed by atoms with Crippen molar-refractivity contribution in [2.45, 2.75) is 0 Å². The Morgan fingerprint density at radius 2 is 1.57 bits per heavy atom. The summed E-state index contributed by atoms with van der Waals surface area (Å²) in [6.07, 6.45) is 0. The number of amides is 2. The third-order valence-electron chi connectivity index (χ3n) is 3.38. The number of nitrogens with zero attached hydrogens (tertiary/aromatic N) is 3. The van der Waals surface area contributed by atoms with Crippen LogP contribution in [0.3, 0.4) is 0 Å². The number of carbonyl (C=O) groups is 2. The van der Waals surface area contributed by atoms with Crippen LogP contribution in [0, 0.1) is 0 Å². The highest BCUT2D eigenvalue weighted by molar-refractivity contribution is 6.34. The van der Waals surface area contributed by atoms with Gasteiger partial charge >= 0.3 is 11.8 Å². The summed E-state index contributed by atoms with van der Waals surface area (Å²) < 4.78 is 9.92. The van der Waals surface area contributed by atoms with E-state index in [0.717, 1.165) is 13.1 Å². The molecule has 0 aromatic rings. The summed E-state index contributed by atoms with van der Waals surface area (Å²) in [5.74, 6) is -1.16. The Labute approximate surface area is 125 Å². The van der Waals surface area contributed by atoms with E-state index in [1.165, 1.54) is 4.90 Å². The summed E-state index contributed by atoms with van der Waals surface area (Å²) in [6.45, 7) is 4.67. The van der Waals surface area contributed by atoms with Crippen LogP contribution in [0.2, 0.25) is 0 Å². The average Bonchev–Trinajstić information content (AvgIpc) is 2.49. The number of hydrogen-bond donors (Lipinski definition) is 1. The smallest absolute Gasteiger partial charge is 0.323 e. The quantitative estimate of drug-likeness (QED) is 0.570. The van der Waals surface area contributed by atoms with Crippen molar-refractivity contribution in [3.63, 3.8) is 0 Å². The van der Waals surface area contributed by atoms with Crippen LogP contribution < -0.4 is 5.43 Å². The summed E-state index contributed by atoms with van der Waals surface area (Å²) in [5.41, 5.74) is 2.67. The largest absolute Gasteiger partial charge is 0.383 e. The third-order valence-corrected chi connectivity index (χ3v) is 3.38. The van der Waals surface area contributed by atoms with E-state index >= 15 is 0 Å². The Balaban J connectivity index is 2.46. The van der Waals surface area contributed by atoms with Gasteiger partial charge in [0.2, 0.25) is 0 Å². The van der Waals surface area contributed by atoms with Crippen molar-refractivity contribution >= 4 is 11.8 Å². The molecule has 2 amide bonds. The molecule has 0 spiro atoms. The highest BCUT2D eigenvalue weighted by atomic mass is 16.5. The fourth-order valence-corrected chi connectivity index (χ4v) is 1.97. The predicted molar refractivity (Wildman–Crippen MR) is 77.5 cm³/mol. The zero-order valence-electron chi connectivity index (χ0n) is 13.1. The minimum Gasteiger partial charge on any atom is -0.383 e. The maximum Gasteiger partial charge on any atom is 0.323 e. The van der Waals surface area contributed by atoms with Crippen LogP contribution in [0.25, 0.3) is 0 Å². The first-order chi connectivity index (χ1) is 10.1. The molecule has 0 aliphatic carbocycles. The number of hydrogen-bond acceptors (Lipinski definition) is 6. The lowest BCUT2D eigenvalue weighted by Gasteiger charge is -2.32. The van der Waals surface area contributed by atoms with E-state index in [0.29, 0.717) is 39.4 Å². The summed E-state index contributed by atoms with van der Waals surface area (Å²) in [6, 6.07) is 0. The molecule has 1 fully saturated rings. The van der Waals surface area contributed by atoms with Gasteiger partial charge in [0.15, 0.2) is 0 Å². The summed E-state index contributed by atoms with van der Waals surface area (Å²) >= 11 is 0. The molecule has 0 saturated carbocycles. The number of nitrogens with one attached hydrogen (secondary N) is 1. The highest BCUT2D eigenvalue weighted by Crippen LogP contribution is 1.97. The first-order valence-corrected chi connectivity index (χ1v) is 7.09. The SMILES string of the molecule is COCCN(CCOC)C(=O)C(=O)NN1CCN(C)CC1. The molecular weight excluding hydrogens is 276 g/mol. The zero-order chi connectivity index (χ0) is 15.7. The van der Waals surface area contributed by atoms with E-state index in [1.54, 1.807) is 19.2 Å². The molecular formula is C13H26N4O4. The van der Waals surface area contributed by atoms with Crippen LogP contribution in [0.1, 0.15) is 0 Å². The lowest BCUT2D eigenvalue weighted by atomic mass is 10.4. The normalized spacial score (nSPS) is 16.7. The van der Waals surface area contributed by atoms with Crippen molar-refractivity contribution in [2.75, 3.05) is 73.7 Å². The topological polar surface area (TPSA) is 74.3 Å². The van der Waals surface area contributed by atoms with Gasteiger partial charge in [-0.1, -0.05) is 0 Å². The first-order valence-electron chi connectivity index (χ1n) is 7.09. The molecule has 8 nitrogen and oxygen atoms in total. The lowest BCUT2D eigenvalue weighted by Crippen LogP contribution is -2.56. The van der Waals surface area contributed by atoms with Gasteiger partial charge < -0.3 is 19.3 Å². The molecule has 1 saturated heterocycles. The zero-order valence-corrected chi connectivity index (χ0v) is 13.1. The minimum absolute atomic E-state index is 0.370. The molecule has 1 aliphatic rings. The van der Waals surface area contributed by atoms with Gasteiger partial charge in [-0.2, -0.15) is 0 Å². The average molecular weight is 302 g/mol. The van der Waals surface area contributed by atoms with Gasteiger partial charge in [-0.3, -0.25) is 15.0 Å². The Morgan fingerprint density at radius 1 is 1.05 bits per heavy atom. The highest BCUT2D eigenvalue weighted by Gasteiger charge is 2.24. The molecule has 0 aromatic carbocycles. The van der Waals surface area contributed by atoms with Crippen LogP contribution in [-0.4, -0.2) is 100 Å². The minimum atomic E-state index is -0.605. The van der Waals surface area contributed by atoms with Crippen LogP contribution in [0.15, 0.2) is 0 Å². The molecule has 122 valence electrons. The van der Waals surface area contributed by atoms with Gasteiger partial charge in [0.05, 0.1) is 13.2 Å². The van der Waals surface area contributed by atoms with Gasteiger partial charge in [0, 0.05) is 53.5 Å². The lowest BCUT2D eigenvalue weighted by molar-refractivity contribution is -0.149. The van der Waals surface area contributed by atoms with E-state index in [1.807, 2.05) is 7.05 Å². The Morgan fingerprint density at radius 3 is 2.05 bits per heavy atom. The summed E-state index contributed by atoms with van der Waals surface area (Å²) in [7, 11) is 5.15.